The topological polar surface area (TPSA) is 63.5 Å². The Kier molecular flexibility index (Phi) is 4.23. The van der Waals surface area contributed by atoms with Crippen molar-refractivity contribution in [3.8, 4) is 17.1 Å². The fraction of sp³-hybridized carbons (Fsp3) is 0.333. The lowest BCUT2D eigenvalue weighted by Gasteiger charge is -2.27. The van der Waals surface area contributed by atoms with Gasteiger partial charge in [0.25, 0.3) is 0 Å². The van der Waals surface area contributed by atoms with Gasteiger partial charge in [0, 0.05) is 6.54 Å². The van der Waals surface area contributed by atoms with E-state index in [0.717, 1.165) is 35.8 Å². The minimum absolute atomic E-state index is 0.216. The molecule has 0 saturated carbocycles. The third-order valence-electron chi connectivity index (χ3n) is 4.47. The van der Waals surface area contributed by atoms with Gasteiger partial charge in [-0.1, -0.05) is 6.07 Å². The SMILES string of the molecule is COc1ccc2ncc(-c3cccc(NC4CCNCC4F)n3)n2c1. The van der Waals surface area contributed by atoms with Gasteiger partial charge >= 0.3 is 0 Å². The number of alkyl halides is 1. The van der Waals surface area contributed by atoms with Crippen molar-refractivity contribution in [2.75, 3.05) is 25.5 Å². The first kappa shape index (κ1) is 15.8. The molecule has 1 aliphatic heterocycles. The number of halogens is 1. The van der Waals surface area contributed by atoms with Crippen molar-refractivity contribution >= 4 is 11.5 Å². The van der Waals surface area contributed by atoms with Gasteiger partial charge in [-0.25, -0.2) is 14.4 Å². The fourth-order valence-electron chi connectivity index (χ4n) is 3.10. The van der Waals surface area contributed by atoms with Gasteiger partial charge in [-0.3, -0.25) is 4.40 Å². The monoisotopic (exact) mass is 341 g/mol. The van der Waals surface area contributed by atoms with Crippen molar-refractivity contribution in [1.82, 2.24) is 19.7 Å². The molecule has 1 fully saturated rings. The third-order valence-corrected chi connectivity index (χ3v) is 4.47. The van der Waals surface area contributed by atoms with Crippen molar-refractivity contribution in [1.29, 1.82) is 0 Å². The zero-order valence-electron chi connectivity index (χ0n) is 13.9. The van der Waals surface area contributed by atoms with E-state index >= 15 is 0 Å². The van der Waals surface area contributed by atoms with Crippen LogP contribution in [0.15, 0.2) is 42.7 Å². The predicted octanol–water partition coefficient (Wildman–Crippen LogP) is 2.52. The summed E-state index contributed by atoms with van der Waals surface area (Å²) in [6, 6.07) is 9.25. The molecule has 4 heterocycles. The smallest absolute Gasteiger partial charge is 0.137 e. The Balaban J connectivity index is 1.65. The summed E-state index contributed by atoms with van der Waals surface area (Å²) in [6.07, 6.45) is 3.48. The molecule has 0 spiro atoms. The molecule has 2 atom stereocenters. The van der Waals surface area contributed by atoms with Gasteiger partial charge in [-0.2, -0.15) is 0 Å². The van der Waals surface area contributed by atoms with Crippen LogP contribution in [0.5, 0.6) is 5.75 Å². The number of aromatic nitrogens is 3. The molecule has 4 rings (SSSR count). The Morgan fingerprint density at radius 2 is 2.24 bits per heavy atom. The van der Waals surface area contributed by atoms with Crippen LogP contribution >= 0.6 is 0 Å². The van der Waals surface area contributed by atoms with Crippen LogP contribution < -0.4 is 15.4 Å². The minimum Gasteiger partial charge on any atom is -0.495 e. The Labute approximate surface area is 145 Å². The molecular formula is C18H20FN5O. The van der Waals surface area contributed by atoms with Crippen molar-refractivity contribution in [2.24, 2.45) is 0 Å². The summed E-state index contributed by atoms with van der Waals surface area (Å²) < 4.78 is 21.2. The summed E-state index contributed by atoms with van der Waals surface area (Å²) >= 11 is 0. The number of ether oxygens (including phenoxy) is 1. The van der Waals surface area contributed by atoms with Gasteiger partial charge in [-0.15, -0.1) is 0 Å². The quantitative estimate of drug-likeness (QED) is 0.763. The van der Waals surface area contributed by atoms with E-state index in [0.29, 0.717) is 12.4 Å². The maximum absolute atomic E-state index is 14.0. The van der Waals surface area contributed by atoms with Crippen molar-refractivity contribution < 1.29 is 9.13 Å². The first-order chi connectivity index (χ1) is 12.2. The number of hydrogen-bond acceptors (Lipinski definition) is 5. The lowest BCUT2D eigenvalue weighted by Crippen LogP contribution is -2.45. The van der Waals surface area contributed by atoms with E-state index in [1.54, 1.807) is 13.3 Å². The highest BCUT2D eigenvalue weighted by atomic mass is 19.1. The molecule has 7 heteroatoms. The molecule has 0 bridgehead atoms. The summed E-state index contributed by atoms with van der Waals surface area (Å²) in [6.45, 7) is 1.19. The van der Waals surface area contributed by atoms with Gasteiger partial charge in [0.1, 0.15) is 23.4 Å². The second kappa shape index (κ2) is 6.68. The van der Waals surface area contributed by atoms with Crippen molar-refractivity contribution in [2.45, 2.75) is 18.6 Å². The lowest BCUT2D eigenvalue weighted by molar-refractivity contribution is 0.244. The molecule has 1 aliphatic rings. The molecule has 0 amide bonds. The number of fused-ring (bicyclic) bond motifs is 1. The number of pyridine rings is 2. The van der Waals surface area contributed by atoms with Crippen LogP contribution in [-0.2, 0) is 0 Å². The summed E-state index contributed by atoms with van der Waals surface area (Å²) in [7, 11) is 1.63. The molecule has 0 aromatic carbocycles. The first-order valence-corrected chi connectivity index (χ1v) is 8.34. The standard InChI is InChI=1S/C18H20FN5O/c1-25-12-5-6-18-21-10-16(24(18)11-12)15-3-2-4-17(23-15)22-14-7-8-20-9-13(14)19/h2-6,10-11,13-14,20H,7-9H2,1H3,(H,22,23). The third kappa shape index (κ3) is 3.15. The van der Waals surface area contributed by atoms with Crippen LogP contribution in [0.2, 0.25) is 0 Å². The van der Waals surface area contributed by atoms with Crippen LogP contribution in [0, 0.1) is 0 Å². The van der Waals surface area contributed by atoms with E-state index in [9.17, 15) is 4.39 Å². The number of anilines is 1. The second-order valence-corrected chi connectivity index (χ2v) is 6.11. The molecule has 3 aromatic rings. The molecule has 25 heavy (non-hydrogen) atoms. The largest absolute Gasteiger partial charge is 0.495 e. The zero-order valence-corrected chi connectivity index (χ0v) is 13.9. The zero-order chi connectivity index (χ0) is 17.2. The summed E-state index contributed by atoms with van der Waals surface area (Å²) in [5, 5.41) is 6.28. The number of imidazole rings is 1. The Hall–Kier alpha value is -2.67. The van der Waals surface area contributed by atoms with Crippen LogP contribution in [0.4, 0.5) is 10.2 Å². The number of nitrogens with zero attached hydrogens (tertiary/aromatic N) is 3. The number of nitrogens with one attached hydrogen (secondary N) is 2. The van der Waals surface area contributed by atoms with Crippen LogP contribution in [-0.4, -0.2) is 46.8 Å². The molecule has 2 unspecified atom stereocenters. The molecule has 3 aromatic heterocycles. The van der Waals surface area contributed by atoms with Gasteiger partial charge in [-0.05, 0) is 37.2 Å². The molecule has 6 nitrogen and oxygen atoms in total. The number of piperidine rings is 1. The van der Waals surface area contributed by atoms with E-state index in [2.05, 4.69) is 20.6 Å². The molecule has 130 valence electrons. The molecule has 2 N–H and O–H groups in total. The lowest BCUT2D eigenvalue weighted by atomic mass is 10.1. The van der Waals surface area contributed by atoms with Crippen LogP contribution in [0.1, 0.15) is 6.42 Å². The second-order valence-electron chi connectivity index (χ2n) is 6.11. The van der Waals surface area contributed by atoms with Crippen LogP contribution in [0.3, 0.4) is 0 Å². The number of hydrogen-bond donors (Lipinski definition) is 2. The fourth-order valence-corrected chi connectivity index (χ4v) is 3.10. The Morgan fingerprint density at radius 1 is 1.32 bits per heavy atom. The average Bonchev–Trinajstić information content (AvgIpc) is 3.07. The van der Waals surface area contributed by atoms with Crippen LogP contribution in [0.25, 0.3) is 17.0 Å². The summed E-state index contributed by atoms with van der Waals surface area (Å²) in [4.78, 5) is 9.06. The normalized spacial score (nSPS) is 20.6. The predicted molar refractivity (Wildman–Crippen MR) is 94.8 cm³/mol. The maximum Gasteiger partial charge on any atom is 0.137 e. The highest BCUT2D eigenvalue weighted by molar-refractivity contribution is 5.62. The molecular weight excluding hydrogens is 321 g/mol. The number of methoxy groups -OCH3 is 1. The highest BCUT2D eigenvalue weighted by Crippen LogP contribution is 2.23. The summed E-state index contributed by atoms with van der Waals surface area (Å²) in [5.41, 5.74) is 2.45. The van der Waals surface area contributed by atoms with E-state index in [4.69, 9.17) is 4.74 Å². The molecule has 0 aliphatic carbocycles. The van der Waals surface area contributed by atoms with Gasteiger partial charge in [0.15, 0.2) is 0 Å². The van der Waals surface area contributed by atoms with Gasteiger partial charge in [0.05, 0.1) is 36.9 Å². The van der Waals surface area contributed by atoms with E-state index in [1.807, 2.05) is 40.9 Å². The van der Waals surface area contributed by atoms with Crippen molar-refractivity contribution in [3.63, 3.8) is 0 Å². The Morgan fingerprint density at radius 3 is 3.08 bits per heavy atom. The van der Waals surface area contributed by atoms with Crippen molar-refractivity contribution in [3.05, 3.63) is 42.7 Å². The average molecular weight is 341 g/mol. The summed E-state index contributed by atoms with van der Waals surface area (Å²) in [5.74, 6) is 1.42. The molecule has 0 radical (unpaired) electrons. The van der Waals surface area contributed by atoms with E-state index in [-0.39, 0.29) is 6.04 Å². The Bertz CT molecular complexity index is 881. The van der Waals surface area contributed by atoms with E-state index in [1.165, 1.54) is 0 Å². The number of rotatable bonds is 4. The van der Waals surface area contributed by atoms with Gasteiger partial charge in [0.2, 0.25) is 0 Å². The van der Waals surface area contributed by atoms with Gasteiger partial charge < -0.3 is 15.4 Å². The maximum atomic E-state index is 14.0. The highest BCUT2D eigenvalue weighted by Gasteiger charge is 2.24. The minimum atomic E-state index is -0.917. The van der Waals surface area contributed by atoms with E-state index < -0.39 is 6.17 Å². The first-order valence-electron chi connectivity index (χ1n) is 8.34. The molecule has 1 saturated heterocycles.